The first-order chi connectivity index (χ1) is 10.5. The number of aldehydes is 1. The van der Waals surface area contributed by atoms with E-state index in [1.807, 2.05) is 0 Å². The van der Waals surface area contributed by atoms with E-state index in [0.29, 0.717) is 31.9 Å². The van der Waals surface area contributed by atoms with Gasteiger partial charge in [-0.1, -0.05) is 42.0 Å². The molecule has 0 bridgehead atoms. The number of rotatable bonds is 4. The van der Waals surface area contributed by atoms with Crippen LogP contribution in [0.1, 0.15) is 21.5 Å². The minimum Gasteiger partial charge on any atom is -0.465 e. The Hall–Kier alpha value is -2.11. The molecule has 4 nitrogen and oxygen atoms in total. The zero-order chi connectivity index (χ0) is 16.1. The summed E-state index contributed by atoms with van der Waals surface area (Å²) < 4.78 is 0.640. The van der Waals surface area contributed by atoms with E-state index < -0.39 is 6.09 Å². The van der Waals surface area contributed by atoms with Gasteiger partial charge in [-0.05, 0) is 45.3 Å². The molecule has 0 saturated carbocycles. The van der Waals surface area contributed by atoms with Gasteiger partial charge in [0.05, 0.1) is 10.7 Å². The maximum absolute atomic E-state index is 11.1. The van der Waals surface area contributed by atoms with E-state index >= 15 is 0 Å². The van der Waals surface area contributed by atoms with E-state index in [0.717, 1.165) is 6.29 Å². The van der Waals surface area contributed by atoms with Crippen molar-refractivity contribution in [3.8, 4) is 0 Å². The van der Waals surface area contributed by atoms with E-state index in [1.165, 1.54) is 0 Å². The van der Waals surface area contributed by atoms with Crippen LogP contribution in [0, 0.1) is 0 Å². The predicted molar refractivity (Wildman–Crippen MR) is 91.6 cm³/mol. The van der Waals surface area contributed by atoms with Gasteiger partial charge >= 0.3 is 6.09 Å². The van der Waals surface area contributed by atoms with Crippen LogP contribution in [0.15, 0.2) is 40.9 Å². The highest BCUT2D eigenvalue weighted by molar-refractivity contribution is 9.10. The molecule has 0 fully saturated rings. The van der Waals surface area contributed by atoms with Crippen LogP contribution >= 0.6 is 27.5 Å². The third-order valence-electron chi connectivity index (χ3n) is 2.90. The molecule has 2 N–H and O–H groups in total. The molecule has 2 aromatic rings. The van der Waals surface area contributed by atoms with Crippen LogP contribution in [0.4, 0.5) is 10.5 Å². The minimum absolute atomic E-state index is 0.460. The van der Waals surface area contributed by atoms with Crippen molar-refractivity contribution in [2.45, 2.75) is 0 Å². The molecule has 22 heavy (non-hydrogen) atoms. The van der Waals surface area contributed by atoms with Crippen molar-refractivity contribution in [3.63, 3.8) is 0 Å². The van der Waals surface area contributed by atoms with E-state index in [-0.39, 0.29) is 0 Å². The summed E-state index contributed by atoms with van der Waals surface area (Å²) in [6.07, 6.45) is 3.03. The molecule has 0 saturated heterocycles. The summed E-state index contributed by atoms with van der Waals surface area (Å²) in [4.78, 5) is 21.9. The number of nitrogens with one attached hydrogen (secondary N) is 1. The topological polar surface area (TPSA) is 66.4 Å². The minimum atomic E-state index is -1.14. The molecule has 0 spiro atoms. The summed E-state index contributed by atoms with van der Waals surface area (Å²) in [5, 5.41) is 11.6. The van der Waals surface area contributed by atoms with Crippen molar-refractivity contribution >= 4 is 57.7 Å². The quantitative estimate of drug-likeness (QED) is 0.567. The summed E-state index contributed by atoms with van der Waals surface area (Å²) in [7, 11) is 0. The lowest BCUT2D eigenvalue weighted by Gasteiger charge is -2.06. The first-order valence-corrected chi connectivity index (χ1v) is 7.39. The Morgan fingerprint density at radius 2 is 1.82 bits per heavy atom. The average molecular weight is 381 g/mol. The second kappa shape index (κ2) is 7.24. The second-order valence-corrected chi connectivity index (χ2v) is 5.63. The number of benzene rings is 2. The Labute approximate surface area is 140 Å². The molecule has 0 aliphatic carbocycles. The second-order valence-electron chi connectivity index (χ2n) is 4.36. The van der Waals surface area contributed by atoms with Crippen molar-refractivity contribution in [3.05, 3.63) is 62.6 Å². The van der Waals surface area contributed by atoms with Crippen LogP contribution in [0.5, 0.6) is 0 Å². The molecular formula is C16H11BrClNO3. The van der Waals surface area contributed by atoms with Gasteiger partial charge in [0.1, 0.15) is 0 Å². The smallest absolute Gasteiger partial charge is 0.409 e. The summed E-state index contributed by atoms with van der Waals surface area (Å²) in [5.41, 5.74) is 2.27. The van der Waals surface area contributed by atoms with Crippen LogP contribution in [0.25, 0.3) is 12.2 Å². The van der Waals surface area contributed by atoms with Crippen LogP contribution in [-0.2, 0) is 0 Å². The fourth-order valence-corrected chi connectivity index (χ4v) is 2.41. The number of anilines is 1. The Balaban J connectivity index is 2.39. The highest BCUT2D eigenvalue weighted by atomic mass is 79.9. The van der Waals surface area contributed by atoms with Gasteiger partial charge in [-0.15, -0.1) is 0 Å². The molecular weight excluding hydrogens is 370 g/mol. The van der Waals surface area contributed by atoms with Crippen molar-refractivity contribution in [1.29, 1.82) is 0 Å². The number of hydrogen-bond acceptors (Lipinski definition) is 2. The summed E-state index contributed by atoms with van der Waals surface area (Å²) in [6.45, 7) is 0. The van der Waals surface area contributed by atoms with E-state index in [1.54, 1.807) is 48.6 Å². The normalized spacial score (nSPS) is 10.6. The molecule has 0 atom stereocenters. The average Bonchev–Trinajstić information content (AvgIpc) is 2.48. The maximum atomic E-state index is 11.1. The zero-order valence-corrected chi connectivity index (χ0v) is 13.6. The lowest BCUT2D eigenvalue weighted by atomic mass is 10.1. The Morgan fingerprint density at radius 3 is 2.50 bits per heavy atom. The SMILES string of the molecule is O=Cc1cc(Br)c(Cl)cc1C=Cc1ccccc1NC(=O)O. The van der Waals surface area contributed by atoms with Gasteiger partial charge in [0.2, 0.25) is 0 Å². The van der Waals surface area contributed by atoms with Gasteiger partial charge in [-0.2, -0.15) is 0 Å². The molecule has 0 radical (unpaired) electrons. The fourth-order valence-electron chi connectivity index (χ4n) is 1.87. The zero-order valence-electron chi connectivity index (χ0n) is 11.2. The number of carbonyl (C=O) groups excluding carboxylic acids is 1. The first kappa shape index (κ1) is 16.3. The highest BCUT2D eigenvalue weighted by Gasteiger charge is 2.06. The maximum Gasteiger partial charge on any atom is 0.409 e. The predicted octanol–water partition coefficient (Wildman–Crippen LogP) is 5.18. The third kappa shape index (κ3) is 3.96. The monoisotopic (exact) mass is 379 g/mol. The lowest BCUT2D eigenvalue weighted by Crippen LogP contribution is -2.08. The first-order valence-electron chi connectivity index (χ1n) is 6.22. The molecule has 2 aromatic carbocycles. The van der Waals surface area contributed by atoms with Crippen LogP contribution in [0.3, 0.4) is 0 Å². The van der Waals surface area contributed by atoms with E-state index in [4.69, 9.17) is 16.7 Å². The van der Waals surface area contributed by atoms with Gasteiger partial charge in [-0.25, -0.2) is 4.79 Å². The number of halogens is 2. The van der Waals surface area contributed by atoms with E-state index in [2.05, 4.69) is 21.2 Å². The summed E-state index contributed by atoms with van der Waals surface area (Å²) >= 11 is 9.30. The number of carboxylic acid groups (broad SMARTS) is 1. The van der Waals surface area contributed by atoms with Crippen molar-refractivity contribution in [2.75, 3.05) is 5.32 Å². The largest absolute Gasteiger partial charge is 0.465 e. The Kier molecular flexibility index (Phi) is 5.35. The fraction of sp³-hybridized carbons (Fsp3) is 0. The Bertz CT molecular complexity index is 759. The van der Waals surface area contributed by atoms with Crippen molar-refractivity contribution < 1.29 is 14.7 Å². The van der Waals surface area contributed by atoms with Crippen LogP contribution in [0.2, 0.25) is 5.02 Å². The molecule has 0 aliphatic heterocycles. The number of carbonyl (C=O) groups is 2. The van der Waals surface area contributed by atoms with Gasteiger partial charge < -0.3 is 5.11 Å². The standard InChI is InChI=1S/C16H11BrClNO3/c17-13-7-12(9-20)11(8-14(13)18)6-5-10-3-1-2-4-15(10)19-16(21)22/h1-9,19H,(H,21,22). The van der Waals surface area contributed by atoms with Crippen molar-refractivity contribution in [1.82, 2.24) is 0 Å². The number of para-hydroxylation sites is 1. The molecule has 0 heterocycles. The van der Waals surface area contributed by atoms with Gasteiger partial charge in [0.25, 0.3) is 0 Å². The lowest BCUT2D eigenvalue weighted by molar-refractivity contribution is 0.112. The van der Waals surface area contributed by atoms with Crippen LogP contribution < -0.4 is 5.32 Å². The third-order valence-corrected chi connectivity index (χ3v) is 4.09. The molecule has 112 valence electrons. The van der Waals surface area contributed by atoms with Gasteiger partial charge in [0.15, 0.2) is 6.29 Å². The molecule has 6 heteroatoms. The molecule has 0 aromatic heterocycles. The molecule has 1 amide bonds. The number of amides is 1. The van der Waals surface area contributed by atoms with Gasteiger partial charge in [-0.3, -0.25) is 10.1 Å². The van der Waals surface area contributed by atoms with Crippen LogP contribution in [-0.4, -0.2) is 17.5 Å². The summed E-state index contributed by atoms with van der Waals surface area (Å²) in [5.74, 6) is 0. The molecule has 0 unspecified atom stereocenters. The van der Waals surface area contributed by atoms with E-state index in [9.17, 15) is 9.59 Å². The number of hydrogen-bond donors (Lipinski definition) is 2. The summed E-state index contributed by atoms with van der Waals surface area (Å²) in [6, 6.07) is 10.2. The molecule has 0 aliphatic rings. The highest BCUT2D eigenvalue weighted by Crippen LogP contribution is 2.27. The molecule has 2 rings (SSSR count). The van der Waals surface area contributed by atoms with Crippen molar-refractivity contribution in [2.24, 2.45) is 0 Å². The Morgan fingerprint density at radius 1 is 1.14 bits per heavy atom. The van der Waals surface area contributed by atoms with Gasteiger partial charge in [0, 0.05) is 10.0 Å².